The van der Waals surface area contributed by atoms with Gasteiger partial charge < -0.3 is 19.5 Å². The number of benzene rings is 2. The number of nitrogens with zero attached hydrogens (tertiary/aromatic N) is 6. The second-order valence-electron chi connectivity index (χ2n) is 13.2. The van der Waals surface area contributed by atoms with Gasteiger partial charge in [-0.05, 0) is 70.0 Å². The molecule has 0 radical (unpaired) electrons. The quantitative estimate of drug-likeness (QED) is 0.130. The summed E-state index contributed by atoms with van der Waals surface area (Å²) in [6.45, 7) is 14.5. The van der Waals surface area contributed by atoms with E-state index in [0.29, 0.717) is 60.7 Å². The number of unbranched alkanes of at least 4 members (excludes halogenated alkanes) is 1. The van der Waals surface area contributed by atoms with Gasteiger partial charge in [-0.2, -0.15) is 5.10 Å². The van der Waals surface area contributed by atoms with Crippen molar-refractivity contribution in [3.63, 3.8) is 0 Å². The van der Waals surface area contributed by atoms with Crippen molar-refractivity contribution in [2.45, 2.75) is 74.1 Å². The minimum absolute atomic E-state index is 0.0246. The number of aliphatic imine (C=N–C) groups is 1. The summed E-state index contributed by atoms with van der Waals surface area (Å²) in [5, 5.41) is 21.2. The van der Waals surface area contributed by atoms with Gasteiger partial charge in [0.05, 0.1) is 47.3 Å². The number of carbonyl (C=O) groups is 3. The van der Waals surface area contributed by atoms with E-state index in [1.807, 2.05) is 45.6 Å². The zero-order valence-electron chi connectivity index (χ0n) is 31.2. The molecule has 3 aromatic rings. The standard InChI is InChI=1S/C36H48N8O8S/c1-8-12-18-53(49,50)42-25-20-23(19-24(21-25)34(47)51-10-3)32-39-33-30(31(36(5,6)7)40-44(33)41-32)37-27-16-15-26(22-28(27)38-35(48)52-11-4)43(9-2)17-13-14-29(45)46/h15-16,19-22,42H,8-14,17-18H2,1-7H3,(H,38,48)(H,45,46). The number of anilines is 3. The fourth-order valence-corrected chi connectivity index (χ4v) is 6.67. The molecule has 0 spiro atoms. The Kier molecular flexibility index (Phi) is 13.3. The molecule has 1 aliphatic heterocycles. The van der Waals surface area contributed by atoms with Crippen LogP contribution in [0.4, 0.5) is 27.5 Å². The molecule has 0 bridgehead atoms. The molecule has 3 N–H and O–H groups in total. The summed E-state index contributed by atoms with van der Waals surface area (Å²) in [6, 6.07) is 9.80. The van der Waals surface area contributed by atoms with Crippen LogP contribution < -0.4 is 14.9 Å². The van der Waals surface area contributed by atoms with Crippen LogP contribution in [0.1, 0.15) is 90.3 Å². The highest BCUT2D eigenvalue weighted by Gasteiger charge is 2.35. The summed E-state index contributed by atoms with van der Waals surface area (Å²) in [4.78, 5) is 49.7. The summed E-state index contributed by atoms with van der Waals surface area (Å²) >= 11 is 0. The monoisotopic (exact) mass is 752 g/mol. The van der Waals surface area contributed by atoms with Crippen molar-refractivity contribution in [3.8, 4) is 11.4 Å². The molecule has 0 saturated carbocycles. The summed E-state index contributed by atoms with van der Waals surface area (Å²) in [6.07, 6.45) is 0.942. The van der Waals surface area contributed by atoms with E-state index < -0.39 is 33.5 Å². The third kappa shape index (κ3) is 10.6. The van der Waals surface area contributed by atoms with Gasteiger partial charge in [0, 0.05) is 36.2 Å². The number of nitrogens with one attached hydrogen (secondary N) is 2. The fourth-order valence-electron chi connectivity index (χ4n) is 5.42. The number of esters is 1. The van der Waals surface area contributed by atoms with Crippen molar-refractivity contribution >= 4 is 62.2 Å². The second-order valence-corrected chi connectivity index (χ2v) is 15.1. The summed E-state index contributed by atoms with van der Waals surface area (Å²) in [7, 11) is -3.70. The van der Waals surface area contributed by atoms with Gasteiger partial charge in [0.25, 0.3) is 0 Å². The molecular weight excluding hydrogens is 705 g/mol. The highest BCUT2D eigenvalue weighted by Crippen LogP contribution is 2.34. The van der Waals surface area contributed by atoms with Gasteiger partial charge in [0.2, 0.25) is 15.8 Å². The first-order valence-electron chi connectivity index (χ1n) is 17.6. The van der Waals surface area contributed by atoms with Crippen LogP contribution in [-0.2, 0) is 24.3 Å². The second kappa shape index (κ2) is 17.5. The summed E-state index contributed by atoms with van der Waals surface area (Å²) in [5.74, 6) is -1.16. The maximum atomic E-state index is 12.8. The molecule has 53 heavy (non-hydrogen) atoms. The minimum Gasteiger partial charge on any atom is -0.481 e. The lowest BCUT2D eigenvalue weighted by Gasteiger charge is -2.24. The first-order valence-corrected chi connectivity index (χ1v) is 19.3. The molecule has 1 amide bonds. The summed E-state index contributed by atoms with van der Waals surface area (Å²) in [5.41, 5.74) is 2.51. The van der Waals surface area contributed by atoms with Crippen molar-refractivity contribution in [3.05, 3.63) is 47.8 Å². The number of aromatic nitrogens is 3. The number of fused-ring (bicyclic) bond motifs is 1. The van der Waals surface area contributed by atoms with E-state index in [-0.39, 0.29) is 48.3 Å². The number of carbonyl (C=O) groups excluding carboxylic acids is 2. The molecule has 0 saturated heterocycles. The van der Waals surface area contributed by atoms with E-state index >= 15 is 0 Å². The van der Waals surface area contributed by atoms with E-state index in [2.05, 4.69) is 15.1 Å². The van der Waals surface area contributed by atoms with E-state index in [1.165, 1.54) is 16.9 Å². The number of hydrogen-bond acceptors (Lipinski definition) is 12. The molecule has 4 rings (SSSR count). The number of sulfonamides is 1. The van der Waals surface area contributed by atoms with Crippen molar-refractivity contribution in [1.82, 2.24) is 14.9 Å². The molecule has 0 unspecified atom stereocenters. The Bertz CT molecular complexity index is 2000. The molecule has 16 nitrogen and oxygen atoms in total. The maximum absolute atomic E-state index is 12.8. The van der Waals surface area contributed by atoms with Gasteiger partial charge in [-0.3, -0.25) is 14.8 Å². The van der Waals surface area contributed by atoms with Crippen molar-refractivity contribution in [1.29, 1.82) is 0 Å². The lowest BCUT2D eigenvalue weighted by molar-refractivity contribution is -0.137. The molecule has 17 heteroatoms. The SMILES string of the molecule is CCCCS(=O)(=O)Nc1cc(C(=O)OCC)cc(-c2nc3n(n2)N=C(C(C)(C)C)C3=Nc2ccc(N(CC)CCCC(=O)O)cc2NC(=O)OCC)c1. The molecule has 2 heterocycles. The average molecular weight is 753 g/mol. The van der Waals surface area contributed by atoms with Crippen LogP contribution in [0, 0.1) is 5.41 Å². The summed E-state index contributed by atoms with van der Waals surface area (Å²) < 4.78 is 38.5. The molecule has 0 aliphatic carbocycles. The third-order valence-corrected chi connectivity index (χ3v) is 9.34. The molecule has 1 aromatic heterocycles. The molecule has 2 aromatic carbocycles. The Labute approximate surface area is 309 Å². The van der Waals surface area contributed by atoms with Crippen molar-refractivity contribution < 1.29 is 37.4 Å². The normalized spacial score (nSPS) is 13.3. The van der Waals surface area contributed by atoms with Gasteiger partial charge in [0.1, 0.15) is 5.71 Å². The van der Waals surface area contributed by atoms with Crippen LogP contribution in [-0.4, -0.2) is 89.9 Å². The Hall–Kier alpha value is -5.32. The Morgan fingerprint density at radius 1 is 1.00 bits per heavy atom. The number of rotatable bonds is 17. The maximum Gasteiger partial charge on any atom is 0.411 e. The number of hydrogen-bond donors (Lipinski definition) is 3. The van der Waals surface area contributed by atoms with Gasteiger partial charge >= 0.3 is 18.0 Å². The van der Waals surface area contributed by atoms with Crippen LogP contribution >= 0.6 is 0 Å². The first-order chi connectivity index (χ1) is 25.1. The molecule has 0 atom stereocenters. The number of carboxylic acids is 1. The van der Waals surface area contributed by atoms with Gasteiger partial charge in [-0.1, -0.05) is 34.1 Å². The molecular formula is C36H48N8O8S. The highest BCUT2D eigenvalue weighted by atomic mass is 32.2. The zero-order chi connectivity index (χ0) is 38.9. The Morgan fingerprint density at radius 2 is 1.74 bits per heavy atom. The van der Waals surface area contributed by atoms with Crippen LogP contribution in [0.5, 0.6) is 0 Å². The van der Waals surface area contributed by atoms with Crippen LogP contribution in [0.15, 0.2) is 46.5 Å². The fraction of sp³-hybridized carbons (Fsp3) is 0.472. The van der Waals surface area contributed by atoms with E-state index in [1.54, 1.807) is 32.0 Å². The van der Waals surface area contributed by atoms with Gasteiger partial charge in [-0.25, -0.2) is 28.0 Å². The Balaban J connectivity index is 1.83. The minimum atomic E-state index is -3.70. The lowest BCUT2D eigenvalue weighted by Crippen LogP contribution is -2.27. The number of ether oxygens (including phenoxy) is 2. The van der Waals surface area contributed by atoms with Crippen LogP contribution in [0.3, 0.4) is 0 Å². The third-order valence-electron chi connectivity index (χ3n) is 7.96. The van der Waals surface area contributed by atoms with E-state index in [0.717, 1.165) is 5.69 Å². The van der Waals surface area contributed by atoms with Crippen molar-refractivity contribution in [2.75, 3.05) is 47.0 Å². The number of aliphatic carboxylic acids is 1. The first kappa shape index (κ1) is 40.5. The Morgan fingerprint density at radius 3 is 2.38 bits per heavy atom. The molecule has 0 fully saturated rings. The predicted octanol–water partition coefficient (Wildman–Crippen LogP) is 6.31. The zero-order valence-corrected chi connectivity index (χ0v) is 32.0. The predicted molar refractivity (Wildman–Crippen MR) is 204 cm³/mol. The smallest absolute Gasteiger partial charge is 0.411 e. The number of carboxylic acid groups (broad SMARTS) is 1. The van der Waals surface area contributed by atoms with Crippen molar-refractivity contribution in [2.24, 2.45) is 15.5 Å². The van der Waals surface area contributed by atoms with Gasteiger partial charge in [0.15, 0.2) is 5.82 Å². The van der Waals surface area contributed by atoms with Crippen LogP contribution in [0.25, 0.3) is 11.4 Å². The number of amides is 1. The molecule has 1 aliphatic rings. The molecule has 286 valence electrons. The lowest BCUT2D eigenvalue weighted by atomic mass is 9.87. The van der Waals surface area contributed by atoms with E-state index in [9.17, 15) is 22.8 Å². The largest absolute Gasteiger partial charge is 0.481 e. The topological polar surface area (TPSA) is 207 Å². The van der Waals surface area contributed by atoms with Crippen LogP contribution in [0.2, 0.25) is 0 Å². The van der Waals surface area contributed by atoms with Gasteiger partial charge in [-0.15, -0.1) is 9.89 Å². The highest BCUT2D eigenvalue weighted by molar-refractivity contribution is 7.92. The van der Waals surface area contributed by atoms with E-state index in [4.69, 9.17) is 29.7 Å². The average Bonchev–Trinajstić information content (AvgIpc) is 3.66.